The molecule has 0 saturated carbocycles. The summed E-state index contributed by atoms with van der Waals surface area (Å²) < 4.78 is 31.8. The van der Waals surface area contributed by atoms with Gasteiger partial charge in [-0.15, -0.1) is 10.2 Å². The Morgan fingerprint density at radius 2 is 1.89 bits per heavy atom. The minimum absolute atomic E-state index is 0.0683. The highest BCUT2D eigenvalue weighted by atomic mass is 32.2. The molecule has 0 aliphatic carbocycles. The number of rotatable bonds is 6. The highest BCUT2D eigenvalue weighted by Gasteiger charge is 2.31. The van der Waals surface area contributed by atoms with Crippen molar-refractivity contribution in [2.24, 2.45) is 0 Å². The molecule has 0 bridgehead atoms. The van der Waals surface area contributed by atoms with Crippen LogP contribution in [0.5, 0.6) is 0 Å². The third kappa shape index (κ3) is 3.73. The number of aryl methyl sites for hydroxylation is 1. The van der Waals surface area contributed by atoms with Crippen LogP contribution >= 0.6 is 0 Å². The second kappa shape index (κ2) is 7.28. The molecule has 9 nitrogen and oxygen atoms in total. The van der Waals surface area contributed by atoms with Crippen LogP contribution in [0, 0.1) is 6.92 Å². The van der Waals surface area contributed by atoms with Crippen LogP contribution in [-0.4, -0.2) is 53.5 Å². The monoisotopic (exact) mass is 400 g/mol. The van der Waals surface area contributed by atoms with Crippen molar-refractivity contribution in [2.45, 2.75) is 19.9 Å². The lowest BCUT2D eigenvalue weighted by Gasteiger charge is -2.40. The van der Waals surface area contributed by atoms with Gasteiger partial charge >= 0.3 is 0 Å². The molecule has 3 heterocycles. The zero-order valence-corrected chi connectivity index (χ0v) is 16.3. The Bertz CT molecular complexity index is 1080. The first-order valence-electron chi connectivity index (χ1n) is 8.93. The van der Waals surface area contributed by atoms with Gasteiger partial charge in [0.25, 0.3) is 5.89 Å². The Balaban J connectivity index is 1.52. The van der Waals surface area contributed by atoms with Gasteiger partial charge in [0.2, 0.25) is 15.9 Å². The molecule has 1 N–H and O–H groups in total. The number of hydrogen-bond acceptors (Lipinski definition) is 8. The quantitative estimate of drug-likeness (QED) is 0.664. The van der Waals surface area contributed by atoms with Gasteiger partial charge < -0.3 is 9.32 Å². The van der Waals surface area contributed by atoms with Crippen molar-refractivity contribution in [1.29, 1.82) is 0 Å². The van der Waals surface area contributed by atoms with Crippen molar-refractivity contribution in [3.8, 4) is 23.0 Å². The summed E-state index contributed by atoms with van der Waals surface area (Å²) in [4.78, 5) is 10.9. The van der Waals surface area contributed by atoms with E-state index in [9.17, 15) is 8.42 Å². The number of benzene rings is 1. The molecular formula is C18H20N6O3S. The third-order valence-corrected chi connectivity index (χ3v) is 5.98. The Morgan fingerprint density at radius 3 is 2.61 bits per heavy atom. The molecule has 1 aromatic carbocycles. The van der Waals surface area contributed by atoms with Crippen LogP contribution in [0.25, 0.3) is 23.0 Å². The normalized spacial score (nSPS) is 14.9. The van der Waals surface area contributed by atoms with Crippen molar-refractivity contribution >= 4 is 15.8 Å². The summed E-state index contributed by atoms with van der Waals surface area (Å²) in [5, 5.41) is 8.21. The molecule has 1 fully saturated rings. The molecule has 0 atom stereocenters. The van der Waals surface area contributed by atoms with Gasteiger partial charge in [0.15, 0.2) is 5.69 Å². The average Bonchev–Trinajstić information content (AvgIpc) is 3.16. The number of sulfonamides is 1. The first kappa shape index (κ1) is 18.5. The molecule has 146 valence electrons. The number of nitrogens with zero attached hydrogens (tertiary/aromatic N) is 5. The standard InChI is InChI=1S/C18H20N6O3S/c1-3-28(25,26)23-14-10-24(11-14)15-9-19-12(2)16(20-15)18-22-21-17(27-18)13-7-5-4-6-8-13/h4-9,14,23H,3,10-11H2,1-2H3. The van der Waals surface area contributed by atoms with E-state index in [4.69, 9.17) is 4.42 Å². The van der Waals surface area contributed by atoms with E-state index in [-0.39, 0.29) is 11.8 Å². The Hall–Kier alpha value is -2.85. The Morgan fingerprint density at radius 1 is 1.18 bits per heavy atom. The van der Waals surface area contributed by atoms with E-state index in [2.05, 4.69) is 24.9 Å². The van der Waals surface area contributed by atoms with Crippen LogP contribution in [0.15, 0.2) is 40.9 Å². The van der Waals surface area contributed by atoms with Crippen LogP contribution in [0.3, 0.4) is 0 Å². The van der Waals surface area contributed by atoms with Gasteiger partial charge in [-0.3, -0.25) is 4.98 Å². The van der Waals surface area contributed by atoms with E-state index in [0.29, 0.717) is 42.1 Å². The van der Waals surface area contributed by atoms with Crippen molar-refractivity contribution < 1.29 is 12.8 Å². The zero-order chi connectivity index (χ0) is 19.7. The van der Waals surface area contributed by atoms with E-state index in [1.54, 1.807) is 13.1 Å². The molecular weight excluding hydrogens is 380 g/mol. The van der Waals surface area contributed by atoms with Crippen molar-refractivity contribution in [3.63, 3.8) is 0 Å². The number of aromatic nitrogens is 4. The second-order valence-electron chi connectivity index (χ2n) is 6.56. The molecule has 4 rings (SSSR count). The number of anilines is 1. The molecule has 3 aromatic rings. The lowest BCUT2D eigenvalue weighted by atomic mass is 10.1. The molecule has 1 aliphatic heterocycles. The fourth-order valence-electron chi connectivity index (χ4n) is 2.89. The van der Waals surface area contributed by atoms with Crippen LogP contribution in [-0.2, 0) is 10.0 Å². The highest BCUT2D eigenvalue weighted by molar-refractivity contribution is 7.89. The number of nitrogens with one attached hydrogen (secondary N) is 1. The van der Waals surface area contributed by atoms with Gasteiger partial charge in [-0.25, -0.2) is 18.1 Å². The third-order valence-electron chi connectivity index (χ3n) is 4.52. The Kier molecular flexibility index (Phi) is 4.82. The maximum absolute atomic E-state index is 11.7. The summed E-state index contributed by atoms with van der Waals surface area (Å²) in [6.07, 6.45) is 1.66. The molecule has 0 spiro atoms. The van der Waals surface area contributed by atoms with E-state index in [0.717, 1.165) is 5.56 Å². The molecule has 1 aliphatic rings. The maximum Gasteiger partial charge on any atom is 0.268 e. The van der Waals surface area contributed by atoms with Gasteiger partial charge in [0, 0.05) is 18.7 Å². The van der Waals surface area contributed by atoms with Crippen LogP contribution in [0.1, 0.15) is 12.6 Å². The van der Waals surface area contributed by atoms with E-state index < -0.39 is 10.0 Å². The van der Waals surface area contributed by atoms with Gasteiger partial charge in [-0.1, -0.05) is 18.2 Å². The molecule has 1 saturated heterocycles. The predicted octanol–water partition coefficient (Wildman–Crippen LogP) is 1.63. The van der Waals surface area contributed by atoms with E-state index in [1.165, 1.54) is 0 Å². The largest absolute Gasteiger partial charge is 0.415 e. The molecule has 0 radical (unpaired) electrons. The van der Waals surface area contributed by atoms with Gasteiger partial charge in [-0.05, 0) is 26.0 Å². The summed E-state index contributed by atoms with van der Waals surface area (Å²) >= 11 is 0. The van der Waals surface area contributed by atoms with Gasteiger partial charge in [-0.2, -0.15) is 0 Å². The zero-order valence-electron chi connectivity index (χ0n) is 15.5. The number of hydrogen-bond donors (Lipinski definition) is 1. The SMILES string of the molecule is CCS(=O)(=O)NC1CN(c2cnc(C)c(-c3nnc(-c4ccccc4)o3)n2)C1. The van der Waals surface area contributed by atoms with Crippen LogP contribution in [0.4, 0.5) is 5.82 Å². The van der Waals surface area contributed by atoms with Crippen molar-refractivity contribution in [1.82, 2.24) is 24.9 Å². The smallest absolute Gasteiger partial charge is 0.268 e. The minimum Gasteiger partial charge on any atom is -0.415 e. The first-order chi connectivity index (χ1) is 13.4. The lowest BCUT2D eigenvalue weighted by molar-refractivity contribution is 0.466. The maximum atomic E-state index is 11.7. The Labute approximate surface area is 162 Å². The van der Waals surface area contributed by atoms with Crippen molar-refractivity contribution in [3.05, 3.63) is 42.2 Å². The topological polar surface area (TPSA) is 114 Å². The molecule has 0 amide bonds. The summed E-state index contributed by atoms with van der Waals surface area (Å²) in [6.45, 7) is 4.52. The summed E-state index contributed by atoms with van der Waals surface area (Å²) in [6, 6.07) is 9.38. The van der Waals surface area contributed by atoms with Crippen LogP contribution in [0.2, 0.25) is 0 Å². The van der Waals surface area contributed by atoms with Crippen molar-refractivity contribution in [2.75, 3.05) is 23.7 Å². The second-order valence-corrected chi connectivity index (χ2v) is 8.61. The molecule has 28 heavy (non-hydrogen) atoms. The van der Waals surface area contributed by atoms with E-state index in [1.807, 2.05) is 42.2 Å². The minimum atomic E-state index is -3.21. The average molecular weight is 400 g/mol. The molecule has 10 heteroatoms. The summed E-state index contributed by atoms with van der Waals surface area (Å²) in [5.74, 6) is 1.43. The van der Waals surface area contributed by atoms with Crippen LogP contribution < -0.4 is 9.62 Å². The van der Waals surface area contributed by atoms with Gasteiger partial charge in [0.1, 0.15) is 5.82 Å². The molecule has 2 aromatic heterocycles. The molecule has 0 unspecified atom stereocenters. The van der Waals surface area contributed by atoms with Gasteiger partial charge in [0.05, 0.1) is 23.7 Å². The summed E-state index contributed by atoms with van der Waals surface area (Å²) in [5.41, 5.74) is 2.03. The fraction of sp³-hybridized carbons (Fsp3) is 0.333. The summed E-state index contributed by atoms with van der Waals surface area (Å²) in [7, 11) is -3.21. The first-order valence-corrected chi connectivity index (χ1v) is 10.6. The highest BCUT2D eigenvalue weighted by Crippen LogP contribution is 2.27. The lowest BCUT2D eigenvalue weighted by Crippen LogP contribution is -2.59. The fourth-order valence-corrected chi connectivity index (χ4v) is 3.71. The predicted molar refractivity (Wildman–Crippen MR) is 104 cm³/mol. The van der Waals surface area contributed by atoms with E-state index >= 15 is 0 Å².